The Morgan fingerprint density at radius 2 is 1.90 bits per heavy atom. The molecule has 20 heavy (non-hydrogen) atoms. The Hall–Kier alpha value is -1.78. The lowest BCUT2D eigenvalue weighted by Gasteiger charge is -2.21. The molecule has 2 heterocycles. The van der Waals surface area contributed by atoms with Crippen LogP contribution in [0.2, 0.25) is 0 Å². The lowest BCUT2D eigenvalue weighted by Crippen LogP contribution is -2.11. The van der Waals surface area contributed by atoms with E-state index in [2.05, 4.69) is 16.6 Å². The zero-order valence-electron chi connectivity index (χ0n) is 12.6. The molecule has 2 aromatic heterocycles. The Labute approximate surface area is 119 Å². The van der Waals surface area contributed by atoms with Crippen molar-refractivity contribution in [2.75, 3.05) is 5.73 Å². The minimum absolute atomic E-state index is 0.557. The molecule has 1 saturated carbocycles. The molecule has 1 aliphatic carbocycles. The van der Waals surface area contributed by atoms with Crippen LogP contribution in [0, 0.1) is 6.92 Å². The van der Waals surface area contributed by atoms with E-state index in [1.165, 1.54) is 32.1 Å². The summed E-state index contributed by atoms with van der Waals surface area (Å²) < 4.78 is 3.93. The summed E-state index contributed by atoms with van der Waals surface area (Å²) in [6.07, 6.45) is 8.28. The quantitative estimate of drug-likeness (QED) is 0.915. The first kappa shape index (κ1) is 13.2. The second kappa shape index (κ2) is 4.96. The van der Waals surface area contributed by atoms with Crippen LogP contribution in [-0.4, -0.2) is 19.3 Å². The van der Waals surface area contributed by atoms with E-state index in [-0.39, 0.29) is 0 Å². The van der Waals surface area contributed by atoms with Gasteiger partial charge in [-0.15, -0.1) is 0 Å². The van der Waals surface area contributed by atoms with E-state index in [1.54, 1.807) is 0 Å². The molecule has 0 atom stereocenters. The molecule has 0 aliphatic heterocycles. The number of anilines is 1. The van der Waals surface area contributed by atoms with Gasteiger partial charge in [0.15, 0.2) is 0 Å². The number of aromatic nitrogens is 4. The average Bonchev–Trinajstić information content (AvgIpc) is 2.94. The average molecular weight is 273 g/mol. The summed E-state index contributed by atoms with van der Waals surface area (Å²) >= 11 is 0. The van der Waals surface area contributed by atoms with Crippen molar-refractivity contribution in [3.05, 3.63) is 17.7 Å². The smallest absolute Gasteiger partial charge is 0.131 e. The van der Waals surface area contributed by atoms with Gasteiger partial charge in [0, 0.05) is 31.3 Å². The van der Waals surface area contributed by atoms with Crippen LogP contribution in [0.5, 0.6) is 0 Å². The summed E-state index contributed by atoms with van der Waals surface area (Å²) in [4.78, 5) is 4.86. The van der Waals surface area contributed by atoms with Gasteiger partial charge in [0.25, 0.3) is 0 Å². The van der Waals surface area contributed by atoms with E-state index in [4.69, 9.17) is 10.7 Å². The maximum Gasteiger partial charge on any atom is 0.131 e. The highest BCUT2D eigenvalue weighted by Crippen LogP contribution is 2.36. The Morgan fingerprint density at radius 1 is 1.20 bits per heavy atom. The Kier molecular flexibility index (Phi) is 3.28. The fourth-order valence-corrected chi connectivity index (χ4v) is 3.18. The first-order valence-electron chi connectivity index (χ1n) is 7.40. The molecule has 1 aliphatic rings. The normalized spacial score (nSPS) is 16.8. The van der Waals surface area contributed by atoms with Crippen LogP contribution in [-0.2, 0) is 14.1 Å². The number of nitrogens with two attached hydrogens (primary N) is 1. The highest BCUT2D eigenvalue weighted by molar-refractivity contribution is 5.72. The standard InChI is InChI=1S/C15H23N5/c1-10-12(9-17-20(10)3)13-14(16)19(2)15(18-13)11-7-5-4-6-8-11/h9,11H,4-8,16H2,1-3H3. The van der Waals surface area contributed by atoms with Gasteiger partial charge in [0.2, 0.25) is 0 Å². The topological polar surface area (TPSA) is 61.7 Å². The van der Waals surface area contributed by atoms with Gasteiger partial charge in [0.05, 0.1) is 6.20 Å². The minimum atomic E-state index is 0.557. The highest BCUT2D eigenvalue weighted by atomic mass is 15.3. The maximum atomic E-state index is 6.28. The first-order chi connectivity index (χ1) is 9.59. The van der Waals surface area contributed by atoms with E-state index >= 15 is 0 Å². The third-order valence-corrected chi connectivity index (χ3v) is 4.63. The van der Waals surface area contributed by atoms with Crippen LogP contribution in [0.3, 0.4) is 0 Å². The fourth-order valence-electron chi connectivity index (χ4n) is 3.18. The summed E-state index contributed by atoms with van der Waals surface area (Å²) in [6.45, 7) is 2.05. The molecular formula is C15H23N5. The molecule has 5 heteroatoms. The second-order valence-corrected chi connectivity index (χ2v) is 5.87. The molecule has 0 saturated heterocycles. The van der Waals surface area contributed by atoms with Crippen molar-refractivity contribution in [3.8, 4) is 11.3 Å². The lowest BCUT2D eigenvalue weighted by atomic mass is 9.89. The number of hydrogen-bond donors (Lipinski definition) is 1. The lowest BCUT2D eigenvalue weighted by molar-refractivity contribution is 0.422. The monoisotopic (exact) mass is 273 g/mol. The van der Waals surface area contributed by atoms with E-state index in [1.807, 2.05) is 25.0 Å². The Balaban J connectivity index is 2.03. The Morgan fingerprint density at radius 3 is 2.50 bits per heavy atom. The van der Waals surface area contributed by atoms with Crippen molar-refractivity contribution in [2.24, 2.45) is 14.1 Å². The summed E-state index contributed by atoms with van der Waals surface area (Å²) in [5.74, 6) is 2.45. The van der Waals surface area contributed by atoms with Crippen LogP contribution in [0.1, 0.15) is 49.5 Å². The predicted molar refractivity (Wildman–Crippen MR) is 80.4 cm³/mol. The van der Waals surface area contributed by atoms with Gasteiger partial charge >= 0.3 is 0 Å². The third kappa shape index (κ3) is 2.01. The molecule has 0 bridgehead atoms. The maximum absolute atomic E-state index is 6.28. The van der Waals surface area contributed by atoms with E-state index in [0.717, 1.165) is 28.6 Å². The molecule has 2 aromatic rings. The van der Waals surface area contributed by atoms with E-state index in [0.29, 0.717) is 5.92 Å². The fraction of sp³-hybridized carbons (Fsp3) is 0.600. The molecule has 3 rings (SSSR count). The number of nitrogen functional groups attached to an aromatic ring is 1. The number of imidazole rings is 1. The SMILES string of the molecule is Cc1c(-c2nc(C3CCCCC3)n(C)c2N)cnn1C. The molecule has 0 radical (unpaired) electrons. The van der Waals surface area contributed by atoms with Crippen molar-refractivity contribution < 1.29 is 0 Å². The van der Waals surface area contributed by atoms with Gasteiger partial charge in [-0.3, -0.25) is 4.68 Å². The molecule has 0 spiro atoms. The zero-order chi connectivity index (χ0) is 14.3. The molecular weight excluding hydrogens is 250 g/mol. The molecule has 0 amide bonds. The highest BCUT2D eigenvalue weighted by Gasteiger charge is 2.24. The van der Waals surface area contributed by atoms with Crippen molar-refractivity contribution >= 4 is 5.82 Å². The van der Waals surface area contributed by atoms with Crippen LogP contribution in [0.15, 0.2) is 6.20 Å². The minimum Gasteiger partial charge on any atom is -0.383 e. The summed E-state index contributed by atoms with van der Waals surface area (Å²) in [5, 5.41) is 4.30. The number of nitrogens with zero attached hydrogens (tertiary/aromatic N) is 4. The summed E-state index contributed by atoms with van der Waals surface area (Å²) in [6, 6.07) is 0. The third-order valence-electron chi connectivity index (χ3n) is 4.63. The van der Waals surface area contributed by atoms with Crippen molar-refractivity contribution in [2.45, 2.75) is 44.9 Å². The van der Waals surface area contributed by atoms with Gasteiger partial charge in [-0.05, 0) is 19.8 Å². The van der Waals surface area contributed by atoms with Crippen molar-refractivity contribution in [3.63, 3.8) is 0 Å². The van der Waals surface area contributed by atoms with Crippen molar-refractivity contribution in [1.29, 1.82) is 0 Å². The summed E-state index contributed by atoms with van der Waals surface area (Å²) in [5.41, 5.74) is 9.32. The van der Waals surface area contributed by atoms with Crippen LogP contribution in [0.25, 0.3) is 11.3 Å². The van der Waals surface area contributed by atoms with Gasteiger partial charge in [-0.2, -0.15) is 5.10 Å². The largest absolute Gasteiger partial charge is 0.383 e. The molecule has 5 nitrogen and oxygen atoms in total. The molecule has 0 aromatic carbocycles. The van der Waals surface area contributed by atoms with E-state index < -0.39 is 0 Å². The first-order valence-corrected chi connectivity index (χ1v) is 7.40. The van der Waals surface area contributed by atoms with Gasteiger partial charge in [0.1, 0.15) is 17.3 Å². The van der Waals surface area contributed by atoms with E-state index in [9.17, 15) is 0 Å². The van der Waals surface area contributed by atoms with Crippen LogP contribution in [0.4, 0.5) is 5.82 Å². The molecule has 0 unspecified atom stereocenters. The number of rotatable bonds is 2. The molecule has 2 N–H and O–H groups in total. The van der Waals surface area contributed by atoms with Gasteiger partial charge in [-0.25, -0.2) is 4.98 Å². The van der Waals surface area contributed by atoms with Crippen LogP contribution >= 0.6 is 0 Å². The number of aryl methyl sites for hydroxylation is 1. The zero-order valence-corrected chi connectivity index (χ0v) is 12.6. The summed E-state index contributed by atoms with van der Waals surface area (Å²) in [7, 11) is 3.97. The second-order valence-electron chi connectivity index (χ2n) is 5.87. The van der Waals surface area contributed by atoms with Gasteiger partial charge in [-0.1, -0.05) is 19.3 Å². The number of hydrogen-bond acceptors (Lipinski definition) is 3. The van der Waals surface area contributed by atoms with Crippen LogP contribution < -0.4 is 5.73 Å². The molecule has 1 fully saturated rings. The Bertz CT molecular complexity index is 616. The predicted octanol–water partition coefficient (Wildman–Crippen LogP) is 2.76. The van der Waals surface area contributed by atoms with Gasteiger partial charge < -0.3 is 10.3 Å². The molecule has 108 valence electrons. The van der Waals surface area contributed by atoms with Crippen molar-refractivity contribution in [1.82, 2.24) is 19.3 Å².